The highest BCUT2D eigenvalue weighted by Gasteiger charge is 2.09. The SMILES string of the molecule is C=Cc1[nH]c(-c2ccc(NC(=C)/C=C\N=C3C=CC(N(C)C)=CC3)nc2)nc1N=CCNc1ccnc(C)c1. The van der Waals surface area contributed by atoms with Gasteiger partial charge in [0.15, 0.2) is 5.82 Å². The summed E-state index contributed by atoms with van der Waals surface area (Å²) in [6.07, 6.45) is 17.6. The lowest BCUT2D eigenvalue weighted by molar-refractivity contribution is 0.527. The lowest BCUT2D eigenvalue weighted by Gasteiger charge is -2.16. The molecule has 9 nitrogen and oxygen atoms in total. The van der Waals surface area contributed by atoms with Crippen LogP contribution in [-0.4, -0.2) is 57.4 Å². The molecule has 3 aromatic heterocycles. The molecule has 0 aromatic carbocycles. The first-order chi connectivity index (χ1) is 18.9. The zero-order valence-corrected chi connectivity index (χ0v) is 22.5. The van der Waals surface area contributed by atoms with Gasteiger partial charge in [-0.2, -0.15) is 0 Å². The molecule has 0 saturated carbocycles. The van der Waals surface area contributed by atoms with Crippen molar-refractivity contribution >= 4 is 35.3 Å². The summed E-state index contributed by atoms with van der Waals surface area (Å²) in [6.45, 7) is 10.4. The third-order valence-corrected chi connectivity index (χ3v) is 5.75. The maximum Gasteiger partial charge on any atom is 0.177 e. The first-order valence-electron chi connectivity index (χ1n) is 12.5. The quantitative estimate of drug-likeness (QED) is 0.215. The number of nitrogens with one attached hydrogen (secondary N) is 3. The van der Waals surface area contributed by atoms with Crippen molar-refractivity contribution < 1.29 is 0 Å². The summed E-state index contributed by atoms with van der Waals surface area (Å²) in [7, 11) is 4.05. The monoisotopic (exact) mass is 519 g/mol. The molecule has 39 heavy (non-hydrogen) atoms. The van der Waals surface area contributed by atoms with E-state index >= 15 is 0 Å². The molecule has 1 aliphatic carbocycles. The Morgan fingerprint density at radius 3 is 2.77 bits per heavy atom. The summed E-state index contributed by atoms with van der Waals surface area (Å²) in [5.41, 5.74) is 6.38. The van der Waals surface area contributed by atoms with E-state index in [0.717, 1.165) is 34.8 Å². The number of nitrogens with zero attached hydrogens (tertiary/aromatic N) is 6. The van der Waals surface area contributed by atoms with Gasteiger partial charge in [-0.3, -0.25) is 9.98 Å². The van der Waals surface area contributed by atoms with Gasteiger partial charge < -0.3 is 20.5 Å². The zero-order chi connectivity index (χ0) is 27.6. The van der Waals surface area contributed by atoms with Crippen molar-refractivity contribution in [3.8, 4) is 11.4 Å². The topological polar surface area (TPSA) is 106 Å². The molecule has 1 aliphatic rings. The van der Waals surface area contributed by atoms with E-state index in [2.05, 4.69) is 70.8 Å². The number of likely N-dealkylation sites (N-methyl/N-ethyl adjacent to an activating group) is 1. The second-order valence-corrected chi connectivity index (χ2v) is 8.98. The second kappa shape index (κ2) is 13.0. The van der Waals surface area contributed by atoms with Crippen LogP contribution in [0.25, 0.3) is 17.5 Å². The number of H-pyrrole nitrogens is 1. The summed E-state index contributed by atoms with van der Waals surface area (Å²) in [6, 6.07) is 7.70. The Morgan fingerprint density at radius 1 is 1.21 bits per heavy atom. The molecule has 0 radical (unpaired) electrons. The molecule has 0 spiro atoms. The molecule has 3 heterocycles. The van der Waals surface area contributed by atoms with Crippen LogP contribution in [0.15, 0.2) is 102 Å². The predicted octanol–water partition coefficient (Wildman–Crippen LogP) is 5.92. The number of hydrogen-bond acceptors (Lipinski definition) is 8. The molecule has 0 bridgehead atoms. The summed E-state index contributed by atoms with van der Waals surface area (Å²) in [5, 5.41) is 6.47. The summed E-state index contributed by atoms with van der Waals surface area (Å²) in [4.78, 5) is 27.7. The molecule has 0 unspecified atom stereocenters. The van der Waals surface area contributed by atoms with E-state index in [9.17, 15) is 0 Å². The number of aryl methyl sites for hydroxylation is 1. The highest BCUT2D eigenvalue weighted by molar-refractivity contribution is 5.97. The fourth-order valence-electron chi connectivity index (χ4n) is 3.70. The molecule has 0 fully saturated rings. The van der Waals surface area contributed by atoms with Gasteiger partial charge in [-0.1, -0.05) is 19.2 Å². The fourth-order valence-corrected chi connectivity index (χ4v) is 3.70. The number of aromatic amines is 1. The molecule has 198 valence electrons. The first-order valence-corrected chi connectivity index (χ1v) is 12.5. The van der Waals surface area contributed by atoms with Crippen LogP contribution >= 0.6 is 0 Å². The Labute approximate surface area is 229 Å². The third kappa shape index (κ3) is 7.72. The Balaban J connectivity index is 1.32. The van der Waals surface area contributed by atoms with Gasteiger partial charge in [0.2, 0.25) is 0 Å². The summed E-state index contributed by atoms with van der Waals surface area (Å²) < 4.78 is 0. The lowest BCUT2D eigenvalue weighted by Crippen LogP contribution is -2.12. The lowest BCUT2D eigenvalue weighted by atomic mass is 10.1. The number of aliphatic imine (C=N–C) groups is 2. The van der Waals surface area contributed by atoms with Crippen molar-refractivity contribution in [2.75, 3.05) is 31.3 Å². The molecular weight excluding hydrogens is 486 g/mol. The maximum absolute atomic E-state index is 4.62. The average Bonchev–Trinajstić information content (AvgIpc) is 3.35. The number of rotatable bonds is 11. The molecule has 0 amide bonds. The molecule has 4 rings (SSSR count). The molecule has 3 aromatic rings. The molecule has 3 N–H and O–H groups in total. The minimum Gasteiger partial charge on any atom is -0.380 e. The zero-order valence-electron chi connectivity index (χ0n) is 22.5. The van der Waals surface area contributed by atoms with E-state index in [0.29, 0.717) is 29.7 Å². The Morgan fingerprint density at radius 2 is 2.08 bits per heavy atom. The van der Waals surface area contributed by atoms with Gasteiger partial charge in [0.1, 0.15) is 11.6 Å². The maximum atomic E-state index is 4.62. The molecular formula is C30H33N9. The number of imidazole rings is 1. The van der Waals surface area contributed by atoms with E-state index in [4.69, 9.17) is 0 Å². The number of pyridine rings is 2. The minimum atomic E-state index is 0.556. The fraction of sp³-hybridized carbons (Fsp3) is 0.167. The first kappa shape index (κ1) is 27.0. The highest BCUT2D eigenvalue weighted by Crippen LogP contribution is 2.24. The van der Waals surface area contributed by atoms with E-state index in [-0.39, 0.29) is 0 Å². The van der Waals surface area contributed by atoms with Crippen molar-refractivity contribution in [2.45, 2.75) is 13.3 Å². The molecule has 9 heteroatoms. The van der Waals surface area contributed by atoms with Crippen molar-refractivity contribution in [1.82, 2.24) is 24.8 Å². The van der Waals surface area contributed by atoms with Gasteiger partial charge in [0.05, 0.1) is 12.2 Å². The van der Waals surface area contributed by atoms with Gasteiger partial charge in [0, 0.05) is 79.4 Å². The Kier molecular flexibility index (Phi) is 8.97. The largest absolute Gasteiger partial charge is 0.380 e. The Hall–Kier alpha value is -5.05. The van der Waals surface area contributed by atoms with Crippen LogP contribution in [0.5, 0.6) is 0 Å². The summed E-state index contributed by atoms with van der Waals surface area (Å²) >= 11 is 0. The van der Waals surface area contributed by atoms with Crippen molar-refractivity contribution in [3.05, 3.63) is 103 Å². The predicted molar refractivity (Wildman–Crippen MR) is 162 cm³/mol. The van der Waals surface area contributed by atoms with E-state index < -0.39 is 0 Å². The average molecular weight is 520 g/mol. The van der Waals surface area contributed by atoms with Crippen LogP contribution in [0.4, 0.5) is 17.3 Å². The van der Waals surface area contributed by atoms with Crippen LogP contribution in [-0.2, 0) is 0 Å². The number of anilines is 2. The van der Waals surface area contributed by atoms with Gasteiger partial charge in [-0.25, -0.2) is 15.0 Å². The third-order valence-electron chi connectivity index (χ3n) is 5.75. The smallest absolute Gasteiger partial charge is 0.177 e. The Bertz CT molecular complexity index is 1470. The molecule has 0 saturated heterocycles. The van der Waals surface area contributed by atoms with Gasteiger partial charge in [0.25, 0.3) is 0 Å². The second-order valence-electron chi connectivity index (χ2n) is 8.98. The standard InChI is InChI=1S/C30H33N9/c1-6-27-30(34-18-17-33-25-14-16-31-22(3)19-25)38-29(37-27)23-7-12-28(35-20-23)36-21(2)13-15-32-24-8-10-26(11-9-24)39(4)5/h6-8,10-16,18-20H,1-2,9,17H2,3-5H3,(H,31,33)(H,35,36)(H,37,38)/b15-13-,32-24?,34-18?. The van der Waals surface area contributed by atoms with E-state index in [1.54, 1.807) is 30.9 Å². The highest BCUT2D eigenvalue weighted by atomic mass is 15.1. The molecule has 0 atom stereocenters. The summed E-state index contributed by atoms with van der Waals surface area (Å²) in [5.74, 6) is 1.90. The van der Waals surface area contributed by atoms with Crippen molar-refractivity contribution in [3.63, 3.8) is 0 Å². The van der Waals surface area contributed by atoms with Crippen LogP contribution in [0.1, 0.15) is 17.8 Å². The van der Waals surface area contributed by atoms with Crippen LogP contribution in [0.3, 0.4) is 0 Å². The van der Waals surface area contributed by atoms with Crippen LogP contribution in [0, 0.1) is 6.92 Å². The van der Waals surface area contributed by atoms with Gasteiger partial charge in [-0.15, -0.1) is 0 Å². The number of hydrogen-bond donors (Lipinski definition) is 3. The minimum absolute atomic E-state index is 0.556. The van der Waals surface area contributed by atoms with Crippen LogP contribution in [0.2, 0.25) is 0 Å². The normalized spacial score (nSPS) is 14.1. The van der Waals surface area contributed by atoms with Gasteiger partial charge in [-0.05, 0) is 55.5 Å². The molecule has 0 aliphatic heterocycles. The van der Waals surface area contributed by atoms with Crippen molar-refractivity contribution in [1.29, 1.82) is 0 Å². The van der Waals surface area contributed by atoms with E-state index in [1.807, 2.05) is 57.4 Å². The number of allylic oxidation sites excluding steroid dienone is 4. The number of aromatic nitrogens is 4. The van der Waals surface area contributed by atoms with E-state index in [1.165, 1.54) is 5.70 Å². The van der Waals surface area contributed by atoms with Crippen LogP contribution < -0.4 is 10.6 Å². The van der Waals surface area contributed by atoms with Gasteiger partial charge >= 0.3 is 0 Å². The van der Waals surface area contributed by atoms with Crippen molar-refractivity contribution in [2.24, 2.45) is 9.98 Å².